The lowest BCUT2D eigenvalue weighted by molar-refractivity contribution is 0.0937. The average Bonchev–Trinajstić information content (AvgIpc) is 2.76. The Labute approximate surface area is 130 Å². The van der Waals surface area contributed by atoms with E-state index in [9.17, 15) is 4.79 Å². The maximum Gasteiger partial charge on any atom is 0.181 e. The summed E-state index contributed by atoms with van der Waals surface area (Å²) in [5.74, 6) is 0.611. The van der Waals surface area contributed by atoms with Crippen LogP contribution in [-0.2, 0) is 0 Å². The third-order valence-corrected chi connectivity index (χ3v) is 3.20. The summed E-state index contributed by atoms with van der Waals surface area (Å²) >= 11 is 0. The number of hydrogen-bond donors (Lipinski definition) is 1. The Morgan fingerprint density at radius 3 is 2.86 bits per heavy atom. The first-order chi connectivity index (χ1) is 9.58. The lowest BCUT2D eigenvalue weighted by Gasteiger charge is -2.08. The maximum atomic E-state index is 12.4. The first kappa shape index (κ1) is 17.5. The zero-order valence-electron chi connectivity index (χ0n) is 12.5. The van der Waals surface area contributed by atoms with E-state index in [-0.39, 0.29) is 30.7 Å². The van der Waals surface area contributed by atoms with Crippen molar-refractivity contribution in [1.29, 1.82) is 0 Å². The first-order valence-electron chi connectivity index (χ1n) is 6.83. The normalized spacial score (nSPS) is 12.0. The molecule has 21 heavy (non-hydrogen) atoms. The summed E-state index contributed by atoms with van der Waals surface area (Å²) in [7, 11) is 0. The van der Waals surface area contributed by atoms with E-state index in [1.54, 1.807) is 4.40 Å². The summed E-state index contributed by atoms with van der Waals surface area (Å²) < 4.78 is 7.31. The summed E-state index contributed by atoms with van der Waals surface area (Å²) in [4.78, 5) is 16.8. The van der Waals surface area contributed by atoms with Gasteiger partial charge < -0.3 is 9.84 Å². The average molecular weight is 313 g/mol. The third kappa shape index (κ3) is 3.54. The monoisotopic (exact) mass is 312 g/mol. The molecule has 1 N–H and O–H groups in total. The molecule has 2 aromatic rings. The molecule has 2 rings (SSSR count). The smallest absolute Gasteiger partial charge is 0.181 e. The minimum atomic E-state index is -0.0532. The minimum Gasteiger partial charge on any atom is -0.490 e. The van der Waals surface area contributed by atoms with Crippen molar-refractivity contribution >= 4 is 23.8 Å². The number of rotatable bonds is 6. The molecular formula is C15H21ClN2O3. The number of hydrogen-bond acceptors (Lipinski definition) is 4. The summed E-state index contributed by atoms with van der Waals surface area (Å²) in [6.45, 7) is 6.14. The van der Waals surface area contributed by atoms with Crippen molar-refractivity contribution in [3.8, 4) is 5.75 Å². The van der Waals surface area contributed by atoms with Crippen LogP contribution in [0.25, 0.3) is 5.65 Å². The van der Waals surface area contributed by atoms with Crippen molar-refractivity contribution in [2.45, 2.75) is 27.2 Å². The molecule has 0 bridgehead atoms. The van der Waals surface area contributed by atoms with Gasteiger partial charge in [-0.25, -0.2) is 4.98 Å². The Morgan fingerprint density at radius 1 is 1.52 bits per heavy atom. The van der Waals surface area contributed by atoms with Crippen LogP contribution in [0.1, 0.15) is 36.5 Å². The molecule has 0 aliphatic carbocycles. The highest BCUT2D eigenvalue weighted by Crippen LogP contribution is 2.23. The number of ether oxygens (including phenoxy) is 1. The van der Waals surface area contributed by atoms with Gasteiger partial charge in [0, 0.05) is 19.2 Å². The fourth-order valence-corrected chi connectivity index (χ4v) is 2.24. The third-order valence-electron chi connectivity index (χ3n) is 3.20. The molecular weight excluding hydrogens is 292 g/mol. The topological polar surface area (TPSA) is 63.8 Å². The van der Waals surface area contributed by atoms with Gasteiger partial charge in [-0.2, -0.15) is 0 Å². The molecule has 0 spiro atoms. The van der Waals surface area contributed by atoms with Crippen LogP contribution in [0.15, 0.2) is 18.3 Å². The number of halogens is 1. The summed E-state index contributed by atoms with van der Waals surface area (Å²) in [6.07, 6.45) is 2.12. The minimum absolute atomic E-state index is 0. The summed E-state index contributed by atoms with van der Waals surface area (Å²) in [5.41, 5.74) is 1.92. The van der Waals surface area contributed by atoms with E-state index in [4.69, 9.17) is 9.84 Å². The highest BCUT2D eigenvalue weighted by molar-refractivity contribution is 5.96. The Morgan fingerprint density at radius 2 is 2.24 bits per heavy atom. The van der Waals surface area contributed by atoms with Crippen molar-refractivity contribution < 1.29 is 14.6 Å². The zero-order valence-corrected chi connectivity index (χ0v) is 13.3. The number of aromatic nitrogens is 2. The predicted molar refractivity (Wildman–Crippen MR) is 83.5 cm³/mol. The predicted octanol–water partition coefficient (Wildman–Crippen LogP) is 2.66. The van der Waals surface area contributed by atoms with Gasteiger partial charge in [-0.15, -0.1) is 12.4 Å². The molecule has 116 valence electrons. The second-order valence-electron chi connectivity index (χ2n) is 4.96. The number of aliphatic hydroxyl groups excluding tert-OH is 1. The zero-order chi connectivity index (χ0) is 14.7. The molecule has 0 aliphatic rings. The Kier molecular flexibility index (Phi) is 6.18. The molecule has 5 nitrogen and oxygen atoms in total. The van der Waals surface area contributed by atoms with Crippen LogP contribution >= 0.6 is 12.4 Å². The van der Waals surface area contributed by atoms with Crippen LogP contribution in [0, 0.1) is 12.8 Å². The van der Waals surface area contributed by atoms with Gasteiger partial charge in [0.15, 0.2) is 17.2 Å². The van der Waals surface area contributed by atoms with Crippen LogP contribution in [0.2, 0.25) is 0 Å². The van der Waals surface area contributed by atoms with Crippen LogP contribution in [0.5, 0.6) is 5.75 Å². The number of nitrogens with zero attached hydrogens (tertiary/aromatic N) is 2. The lowest BCUT2D eigenvalue weighted by Crippen LogP contribution is -2.12. The number of carbonyl (C=O) groups is 1. The Hall–Kier alpha value is -1.59. The van der Waals surface area contributed by atoms with Gasteiger partial charge in [0.1, 0.15) is 5.69 Å². The van der Waals surface area contributed by atoms with E-state index in [0.717, 1.165) is 0 Å². The largest absolute Gasteiger partial charge is 0.490 e. The number of ketones is 1. The van der Waals surface area contributed by atoms with Crippen LogP contribution in [0.3, 0.4) is 0 Å². The molecule has 0 amide bonds. The van der Waals surface area contributed by atoms with Gasteiger partial charge in [0.2, 0.25) is 0 Å². The van der Waals surface area contributed by atoms with Gasteiger partial charge in [0.05, 0.1) is 12.3 Å². The molecule has 0 saturated carbocycles. The summed E-state index contributed by atoms with van der Waals surface area (Å²) in [6, 6.07) is 3.68. The quantitative estimate of drug-likeness (QED) is 0.833. The molecule has 2 aromatic heterocycles. The van der Waals surface area contributed by atoms with Gasteiger partial charge in [-0.05, 0) is 31.9 Å². The van der Waals surface area contributed by atoms with Crippen molar-refractivity contribution in [3.63, 3.8) is 0 Å². The van der Waals surface area contributed by atoms with Gasteiger partial charge in [-0.3, -0.25) is 9.20 Å². The number of carbonyl (C=O) groups excluding carboxylic acids is 1. The SMILES string of the molecule is CCOc1cccn2c(C(=O)C[C@@H](C)CO)c(C)nc12.Cl. The lowest BCUT2D eigenvalue weighted by atomic mass is 10.0. The fourth-order valence-electron chi connectivity index (χ4n) is 2.24. The molecule has 6 heteroatoms. The van der Waals surface area contributed by atoms with E-state index < -0.39 is 0 Å². The maximum absolute atomic E-state index is 12.4. The van der Waals surface area contributed by atoms with Crippen LogP contribution in [-0.4, -0.2) is 33.5 Å². The van der Waals surface area contributed by atoms with E-state index in [2.05, 4.69) is 4.98 Å². The molecule has 0 saturated heterocycles. The van der Waals surface area contributed by atoms with Gasteiger partial charge in [0.25, 0.3) is 0 Å². The second-order valence-corrected chi connectivity index (χ2v) is 4.96. The highest BCUT2D eigenvalue weighted by Gasteiger charge is 2.20. The van der Waals surface area contributed by atoms with E-state index in [0.29, 0.717) is 35.8 Å². The van der Waals surface area contributed by atoms with E-state index >= 15 is 0 Å². The number of aryl methyl sites for hydroxylation is 1. The molecule has 0 aromatic carbocycles. The molecule has 0 unspecified atom stereocenters. The molecule has 2 heterocycles. The number of imidazole rings is 1. The standard InChI is InChI=1S/C15H20N2O3.ClH/c1-4-20-13-6-5-7-17-14(11(3)16-15(13)17)12(19)8-10(2)9-18;/h5-7,10,18H,4,8-9H2,1-3H3;1H/t10-;/m1./s1. The van der Waals surface area contributed by atoms with Gasteiger partial charge >= 0.3 is 0 Å². The van der Waals surface area contributed by atoms with E-state index in [1.165, 1.54) is 0 Å². The van der Waals surface area contributed by atoms with Crippen molar-refractivity contribution in [3.05, 3.63) is 29.7 Å². The van der Waals surface area contributed by atoms with Gasteiger partial charge in [-0.1, -0.05) is 6.92 Å². The van der Waals surface area contributed by atoms with Crippen molar-refractivity contribution in [2.24, 2.45) is 5.92 Å². The number of aliphatic hydroxyl groups is 1. The Balaban J connectivity index is 0.00000220. The number of pyridine rings is 1. The highest BCUT2D eigenvalue weighted by atomic mass is 35.5. The Bertz CT molecular complexity index is 625. The van der Waals surface area contributed by atoms with Crippen molar-refractivity contribution in [2.75, 3.05) is 13.2 Å². The summed E-state index contributed by atoms with van der Waals surface area (Å²) in [5, 5.41) is 9.08. The molecule has 0 fully saturated rings. The van der Waals surface area contributed by atoms with Crippen LogP contribution in [0.4, 0.5) is 0 Å². The van der Waals surface area contributed by atoms with Crippen molar-refractivity contribution in [1.82, 2.24) is 9.38 Å². The van der Waals surface area contributed by atoms with Crippen LogP contribution < -0.4 is 4.74 Å². The number of Topliss-reactive ketones (excluding diaryl/α,β-unsaturated/α-hetero) is 1. The molecule has 0 aliphatic heterocycles. The molecule has 1 atom stereocenters. The number of fused-ring (bicyclic) bond motifs is 1. The second kappa shape index (κ2) is 7.43. The first-order valence-corrected chi connectivity index (χ1v) is 6.83. The van der Waals surface area contributed by atoms with E-state index in [1.807, 2.05) is 39.1 Å². The molecule has 0 radical (unpaired) electrons. The fraction of sp³-hybridized carbons (Fsp3) is 0.467.